The van der Waals surface area contributed by atoms with E-state index in [0.717, 1.165) is 10.9 Å². The van der Waals surface area contributed by atoms with Gasteiger partial charge in [-0.3, -0.25) is 0 Å². The molecule has 4 aromatic carbocycles. The molecular formula is C22H20N2O4. The Kier molecular flexibility index (Phi) is 3.68. The lowest BCUT2D eigenvalue weighted by atomic mass is 9.89. The number of anilines is 2. The van der Waals surface area contributed by atoms with Gasteiger partial charge in [-0.05, 0) is 60.0 Å². The Balaban J connectivity index is 2.12. The van der Waals surface area contributed by atoms with Crippen LogP contribution in [0.4, 0.5) is 11.4 Å². The van der Waals surface area contributed by atoms with Crippen molar-refractivity contribution in [3.63, 3.8) is 0 Å². The zero-order valence-electron chi connectivity index (χ0n) is 15.4. The minimum Gasteiger partial charge on any atom is -0.507 e. The van der Waals surface area contributed by atoms with Gasteiger partial charge in [0.05, 0.1) is 11.4 Å². The Morgan fingerprint density at radius 2 is 1.00 bits per heavy atom. The summed E-state index contributed by atoms with van der Waals surface area (Å²) in [4.78, 5) is 0. The molecule has 0 saturated carbocycles. The lowest BCUT2D eigenvalue weighted by molar-refractivity contribution is 0.404. The van der Waals surface area contributed by atoms with Crippen molar-refractivity contribution in [1.29, 1.82) is 0 Å². The highest BCUT2D eigenvalue weighted by molar-refractivity contribution is 6.05. The summed E-state index contributed by atoms with van der Waals surface area (Å²) in [5.74, 6) is -0.703. The molecule has 0 amide bonds. The molecule has 0 bridgehead atoms. The number of phenols is 4. The van der Waals surface area contributed by atoms with Crippen molar-refractivity contribution < 1.29 is 20.4 Å². The predicted octanol–water partition coefficient (Wildman–Crippen LogP) is 4.26. The molecule has 0 aliphatic rings. The number of rotatable bonds is 1. The van der Waals surface area contributed by atoms with Crippen molar-refractivity contribution in [2.45, 2.75) is 13.8 Å². The van der Waals surface area contributed by atoms with Gasteiger partial charge in [-0.25, -0.2) is 0 Å². The molecule has 0 heterocycles. The Bertz CT molecular complexity index is 1190. The molecule has 0 unspecified atom stereocenters. The highest BCUT2D eigenvalue weighted by atomic mass is 16.3. The number of hydrogen-bond acceptors (Lipinski definition) is 6. The fourth-order valence-electron chi connectivity index (χ4n) is 3.78. The second-order valence-corrected chi connectivity index (χ2v) is 7.10. The van der Waals surface area contributed by atoms with E-state index in [0.29, 0.717) is 44.2 Å². The Hall–Kier alpha value is -3.80. The van der Waals surface area contributed by atoms with Crippen LogP contribution >= 0.6 is 0 Å². The summed E-state index contributed by atoms with van der Waals surface area (Å²) in [6.07, 6.45) is 0. The van der Waals surface area contributed by atoms with Crippen LogP contribution in [-0.4, -0.2) is 20.4 Å². The zero-order valence-corrected chi connectivity index (χ0v) is 15.4. The van der Waals surface area contributed by atoms with Crippen LogP contribution in [0.25, 0.3) is 32.7 Å². The summed E-state index contributed by atoms with van der Waals surface area (Å²) in [5, 5.41) is 43.8. The van der Waals surface area contributed by atoms with Gasteiger partial charge < -0.3 is 31.9 Å². The van der Waals surface area contributed by atoms with Crippen LogP contribution in [0.3, 0.4) is 0 Å². The normalized spacial score (nSPS) is 11.4. The van der Waals surface area contributed by atoms with E-state index in [2.05, 4.69) is 0 Å². The first kappa shape index (κ1) is 17.6. The maximum Gasteiger partial charge on any atom is 0.158 e. The van der Waals surface area contributed by atoms with Gasteiger partial charge in [0.2, 0.25) is 0 Å². The van der Waals surface area contributed by atoms with E-state index >= 15 is 0 Å². The SMILES string of the molecule is Cc1cc2cc(N)c(N)cc2c(O)c1-c1c(C)cc2cc(O)c(O)cc2c1O. The lowest BCUT2D eigenvalue weighted by Crippen LogP contribution is -1.96. The van der Waals surface area contributed by atoms with Crippen molar-refractivity contribution in [1.82, 2.24) is 0 Å². The van der Waals surface area contributed by atoms with E-state index < -0.39 is 0 Å². The van der Waals surface area contributed by atoms with Crippen LogP contribution in [0, 0.1) is 13.8 Å². The molecule has 6 nitrogen and oxygen atoms in total. The van der Waals surface area contributed by atoms with Gasteiger partial charge in [-0.1, -0.05) is 12.1 Å². The van der Waals surface area contributed by atoms with Gasteiger partial charge in [0, 0.05) is 21.9 Å². The molecule has 4 aromatic rings. The molecule has 142 valence electrons. The Morgan fingerprint density at radius 1 is 0.571 bits per heavy atom. The van der Waals surface area contributed by atoms with Crippen LogP contribution in [0.15, 0.2) is 36.4 Å². The third-order valence-corrected chi connectivity index (χ3v) is 5.17. The summed E-state index contributed by atoms with van der Waals surface area (Å²) < 4.78 is 0. The maximum absolute atomic E-state index is 11.0. The molecule has 0 atom stereocenters. The van der Waals surface area contributed by atoms with Crippen molar-refractivity contribution in [3.8, 4) is 34.1 Å². The summed E-state index contributed by atoms with van der Waals surface area (Å²) in [7, 11) is 0. The smallest absolute Gasteiger partial charge is 0.158 e. The molecule has 4 rings (SSSR count). The number of nitrogens with two attached hydrogens (primary N) is 2. The monoisotopic (exact) mass is 376 g/mol. The van der Waals surface area contributed by atoms with Crippen LogP contribution in [0.2, 0.25) is 0 Å². The second-order valence-electron chi connectivity index (χ2n) is 7.10. The van der Waals surface area contributed by atoms with Gasteiger partial charge in [-0.2, -0.15) is 0 Å². The summed E-state index contributed by atoms with van der Waals surface area (Å²) in [6.45, 7) is 3.64. The molecule has 0 radical (unpaired) electrons. The minimum absolute atomic E-state index is 0.0116. The van der Waals surface area contributed by atoms with Crippen molar-refractivity contribution in [2.75, 3.05) is 11.5 Å². The lowest BCUT2D eigenvalue weighted by Gasteiger charge is -2.18. The number of hydrogen-bond donors (Lipinski definition) is 6. The molecule has 0 aromatic heterocycles. The van der Waals surface area contributed by atoms with E-state index in [1.807, 2.05) is 13.0 Å². The van der Waals surface area contributed by atoms with E-state index in [1.54, 1.807) is 25.1 Å². The van der Waals surface area contributed by atoms with E-state index in [9.17, 15) is 20.4 Å². The quantitative estimate of drug-likeness (QED) is 0.217. The first-order valence-corrected chi connectivity index (χ1v) is 8.69. The van der Waals surface area contributed by atoms with Crippen LogP contribution in [0.1, 0.15) is 11.1 Å². The number of fused-ring (bicyclic) bond motifs is 2. The van der Waals surface area contributed by atoms with E-state index in [1.165, 1.54) is 12.1 Å². The Morgan fingerprint density at radius 3 is 1.57 bits per heavy atom. The number of aromatic hydroxyl groups is 4. The third-order valence-electron chi connectivity index (χ3n) is 5.17. The molecule has 28 heavy (non-hydrogen) atoms. The molecule has 0 spiro atoms. The third kappa shape index (κ3) is 2.42. The van der Waals surface area contributed by atoms with Gasteiger partial charge in [0.1, 0.15) is 11.5 Å². The average Bonchev–Trinajstić information content (AvgIpc) is 2.62. The second kappa shape index (κ2) is 5.85. The largest absolute Gasteiger partial charge is 0.507 e. The fraction of sp³-hybridized carbons (Fsp3) is 0.0909. The van der Waals surface area contributed by atoms with Gasteiger partial charge in [0.15, 0.2) is 11.5 Å². The van der Waals surface area contributed by atoms with Gasteiger partial charge in [-0.15, -0.1) is 0 Å². The molecule has 0 aliphatic carbocycles. The van der Waals surface area contributed by atoms with Gasteiger partial charge >= 0.3 is 0 Å². The van der Waals surface area contributed by atoms with Gasteiger partial charge in [0.25, 0.3) is 0 Å². The number of benzene rings is 4. The van der Waals surface area contributed by atoms with Crippen LogP contribution in [-0.2, 0) is 0 Å². The molecular weight excluding hydrogens is 356 g/mol. The standard InChI is InChI=1S/C22H20N2O4/c1-9-3-11-5-15(23)16(24)7-13(11)21(27)19(9)20-10(2)4-12-6-17(25)18(26)8-14(12)22(20)28/h3-8,25-28H,23-24H2,1-2H3. The summed E-state index contributed by atoms with van der Waals surface area (Å²) in [6, 6.07) is 9.66. The number of nitrogen functional groups attached to an aromatic ring is 2. The first-order chi connectivity index (χ1) is 13.2. The summed E-state index contributed by atoms with van der Waals surface area (Å²) in [5.41, 5.74) is 15.0. The van der Waals surface area contributed by atoms with Crippen molar-refractivity contribution >= 4 is 32.9 Å². The molecule has 6 heteroatoms. The fourth-order valence-corrected chi connectivity index (χ4v) is 3.78. The van der Waals surface area contributed by atoms with Crippen molar-refractivity contribution in [2.24, 2.45) is 0 Å². The van der Waals surface area contributed by atoms with E-state index in [-0.39, 0.29) is 23.0 Å². The molecule has 0 aliphatic heterocycles. The molecule has 0 fully saturated rings. The molecule has 8 N–H and O–H groups in total. The number of aryl methyl sites for hydroxylation is 2. The topological polar surface area (TPSA) is 133 Å². The minimum atomic E-state index is -0.333. The maximum atomic E-state index is 11.0. The highest BCUT2D eigenvalue weighted by Gasteiger charge is 2.21. The predicted molar refractivity (Wildman–Crippen MR) is 112 cm³/mol. The zero-order chi connectivity index (χ0) is 20.3. The summed E-state index contributed by atoms with van der Waals surface area (Å²) >= 11 is 0. The van der Waals surface area contributed by atoms with E-state index in [4.69, 9.17) is 11.5 Å². The first-order valence-electron chi connectivity index (χ1n) is 8.69. The Labute approximate surface area is 160 Å². The number of phenolic OH excluding ortho intramolecular Hbond substituents is 4. The highest BCUT2D eigenvalue weighted by Crippen LogP contribution is 2.48. The average molecular weight is 376 g/mol. The molecule has 0 saturated heterocycles. The van der Waals surface area contributed by atoms with Crippen molar-refractivity contribution in [3.05, 3.63) is 47.5 Å². The van der Waals surface area contributed by atoms with Crippen LogP contribution < -0.4 is 11.5 Å². The van der Waals surface area contributed by atoms with Crippen LogP contribution in [0.5, 0.6) is 23.0 Å².